The van der Waals surface area contributed by atoms with Crippen LogP contribution in [-0.2, 0) is 0 Å². The van der Waals surface area contributed by atoms with E-state index in [9.17, 15) is 0 Å². The van der Waals surface area contributed by atoms with Gasteiger partial charge in [0.2, 0.25) is 7.58 Å². The standard InChI is InChI=1S/CCl6N4P3/c2-11-12(3)10(1-8)13(4,5)9-14(11,6)7/q+1. The molecule has 14 heavy (non-hydrogen) atoms. The molecule has 1 rings (SSSR count). The van der Waals surface area contributed by atoms with Gasteiger partial charge in [-0.3, -0.25) is 0 Å². The molecule has 0 aromatic rings. The third-order valence-electron chi connectivity index (χ3n) is 1.02. The summed E-state index contributed by atoms with van der Waals surface area (Å²) in [5, 5.41) is 8.73. The van der Waals surface area contributed by atoms with Crippen LogP contribution in [0.15, 0.2) is 4.52 Å². The van der Waals surface area contributed by atoms with Crippen molar-refractivity contribution in [2.45, 2.75) is 0 Å². The van der Waals surface area contributed by atoms with Crippen LogP contribution in [0.5, 0.6) is 0 Å². The molecule has 0 bridgehead atoms. The SMILES string of the molecule is N#CN1P(Cl)N(Cl)[P+](Cl)(Cl)N=P1(Cl)Cl. The van der Waals surface area contributed by atoms with Crippen LogP contribution in [0.4, 0.5) is 0 Å². The number of rotatable bonds is 0. The fraction of sp³-hybridized carbons (Fsp3) is 0. The second kappa shape index (κ2) is 4.75. The van der Waals surface area contributed by atoms with Gasteiger partial charge in [-0.15, -0.1) is 0 Å². The molecule has 0 saturated heterocycles. The molecule has 13 heteroatoms. The van der Waals surface area contributed by atoms with E-state index in [0.29, 0.717) is 0 Å². The number of nitrogens with zero attached hydrogens (tertiary/aromatic N) is 4. The van der Waals surface area contributed by atoms with Crippen LogP contribution in [0.2, 0.25) is 0 Å². The van der Waals surface area contributed by atoms with Crippen LogP contribution in [0.25, 0.3) is 0 Å². The number of nitriles is 1. The van der Waals surface area contributed by atoms with Gasteiger partial charge in [0, 0.05) is 15.7 Å². The van der Waals surface area contributed by atoms with E-state index in [-0.39, 0.29) is 0 Å². The fourth-order valence-corrected chi connectivity index (χ4v) is 16.2. The highest BCUT2D eigenvalue weighted by molar-refractivity contribution is 8.27. The van der Waals surface area contributed by atoms with Crippen LogP contribution in [0.3, 0.4) is 0 Å². The molecule has 1 aliphatic heterocycles. The molecule has 0 amide bonds. The van der Waals surface area contributed by atoms with Crippen LogP contribution in [-0.4, -0.2) is 8.40 Å². The number of halogens is 6. The first kappa shape index (κ1) is 14.1. The van der Waals surface area contributed by atoms with Gasteiger partial charge in [-0.1, -0.05) is 0 Å². The zero-order chi connectivity index (χ0) is 11.1. The first-order valence-electron chi connectivity index (χ1n) is 2.66. The minimum atomic E-state index is -3.06. The summed E-state index contributed by atoms with van der Waals surface area (Å²) in [6, 6.07) is 0. The van der Waals surface area contributed by atoms with Gasteiger partial charge in [0.1, 0.15) is 0 Å². The Morgan fingerprint density at radius 1 is 1.43 bits per heavy atom. The molecular weight excluding hydrogens is 374 g/mol. The van der Waals surface area contributed by atoms with E-state index >= 15 is 0 Å². The van der Waals surface area contributed by atoms with Gasteiger partial charge < -0.3 is 0 Å². The van der Waals surface area contributed by atoms with E-state index in [1.54, 1.807) is 6.19 Å². The Morgan fingerprint density at radius 2 is 1.93 bits per heavy atom. The van der Waals surface area contributed by atoms with Gasteiger partial charge in [0.15, 0.2) is 28.7 Å². The van der Waals surface area contributed by atoms with Crippen molar-refractivity contribution < 1.29 is 0 Å². The Morgan fingerprint density at radius 3 is 2.36 bits per heavy atom. The Bertz CT molecular complexity index is 330. The van der Waals surface area contributed by atoms with Crippen LogP contribution in [0, 0.1) is 11.5 Å². The van der Waals surface area contributed by atoms with E-state index in [1.807, 2.05) is 0 Å². The Labute approximate surface area is 111 Å². The summed E-state index contributed by atoms with van der Waals surface area (Å²) in [6.07, 6.45) is -1.29. The van der Waals surface area contributed by atoms with Gasteiger partial charge in [0.05, 0.1) is 0 Å². The van der Waals surface area contributed by atoms with Gasteiger partial charge in [-0.2, -0.15) is 9.70 Å². The van der Waals surface area contributed by atoms with Gasteiger partial charge >= 0.3 is 6.27 Å². The summed E-state index contributed by atoms with van der Waals surface area (Å²) in [7, 11) is -1.77. The molecule has 80 valence electrons. The van der Waals surface area contributed by atoms with Crippen molar-refractivity contribution in [2.75, 3.05) is 0 Å². The lowest BCUT2D eigenvalue weighted by Crippen LogP contribution is -2.12. The summed E-state index contributed by atoms with van der Waals surface area (Å²) in [5.74, 6) is -3.06. The van der Waals surface area contributed by atoms with Crippen LogP contribution < -0.4 is 0 Å². The number of hydrogen-bond acceptors (Lipinski definition) is 4. The first-order valence-corrected chi connectivity index (χ1v) is 12.2. The molecular formula is CCl6N4P3+. The molecule has 4 nitrogen and oxygen atoms in total. The average Bonchev–Trinajstić information content (AvgIpc) is 1.99. The lowest BCUT2D eigenvalue weighted by molar-refractivity contribution is 0.953. The average molecular weight is 374 g/mol. The Balaban J connectivity index is 3.26. The van der Waals surface area contributed by atoms with Crippen molar-refractivity contribution in [3.8, 4) is 6.19 Å². The van der Waals surface area contributed by atoms with Crippen LogP contribution >= 0.6 is 87.7 Å². The molecule has 1 unspecified atom stereocenters. The molecule has 0 radical (unpaired) electrons. The van der Waals surface area contributed by atoms with E-state index in [1.165, 1.54) is 0 Å². The molecule has 0 fully saturated rings. The lowest BCUT2D eigenvalue weighted by Gasteiger charge is -2.31. The minimum Gasteiger partial charge on any atom is -0.195 e. The minimum absolute atomic E-state index is 0.902. The number of hydrogen-bond donors (Lipinski definition) is 0. The van der Waals surface area contributed by atoms with Crippen molar-refractivity contribution >= 4 is 87.7 Å². The third-order valence-corrected chi connectivity index (χ3v) is 15.8. The lowest BCUT2D eigenvalue weighted by atomic mass is 11.5. The summed E-state index contributed by atoms with van der Waals surface area (Å²) >= 11 is 34.7. The van der Waals surface area contributed by atoms with E-state index in [0.717, 1.165) is 8.40 Å². The molecule has 0 aromatic carbocycles. The van der Waals surface area contributed by atoms with E-state index in [2.05, 4.69) is 4.52 Å². The Hall–Kier alpha value is 2.08. The highest BCUT2D eigenvalue weighted by atomic mass is 35.9. The topological polar surface area (TPSA) is 42.6 Å². The zero-order valence-electron chi connectivity index (χ0n) is 5.90. The summed E-state index contributed by atoms with van der Waals surface area (Å²) < 4.78 is 5.57. The molecule has 1 atom stereocenters. The zero-order valence-corrected chi connectivity index (χ0v) is 13.1. The highest BCUT2D eigenvalue weighted by Gasteiger charge is 2.59. The monoisotopic (exact) mass is 371 g/mol. The fourth-order valence-electron chi connectivity index (χ4n) is 0.539. The molecule has 0 spiro atoms. The molecule has 0 saturated carbocycles. The maximum Gasteiger partial charge on any atom is 0.422 e. The van der Waals surface area contributed by atoms with Crippen molar-refractivity contribution in [3.05, 3.63) is 0 Å². The summed E-state index contributed by atoms with van der Waals surface area (Å²) in [5.41, 5.74) is 0. The predicted molar refractivity (Wildman–Crippen MR) is 67.6 cm³/mol. The van der Waals surface area contributed by atoms with Crippen molar-refractivity contribution in [1.29, 1.82) is 5.26 Å². The van der Waals surface area contributed by atoms with Crippen molar-refractivity contribution in [1.82, 2.24) is 8.40 Å². The maximum absolute atomic E-state index is 8.73. The maximum atomic E-state index is 8.73. The van der Waals surface area contributed by atoms with Gasteiger partial charge in [0.25, 0.3) is 5.91 Å². The second-order valence-corrected chi connectivity index (χ2v) is 15.5. The van der Waals surface area contributed by atoms with Crippen LogP contribution in [0.1, 0.15) is 0 Å². The molecule has 1 aliphatic rings. The highest BCUT2D eigenvalue weighted by Crippen LogP contribution is 2.93. The normalized spacial score (nSPS) is 30.6. The van der Waals surface area contributed by atoms with E-state index < -0.39 is 19.8 Å². The smallest absolute Gasteiger partial charge is 0.195 e. The molecule has 1 heterocycles. The largest absolute Gasteiger partial charge is 0.422 e. The van der Waals surface area contributed by atoms with Crippen molar-refractivity contribution in [2.24, 2.45) is 4.52 Å². The molecule has 0 aliphatic carbocycles. The van der Waals surface area contributed by atoms with Crippen molar-refractivity contribution in [3.63, 3.8) is 0 Å². The Kier molecular flexibility index (Phi) is 4.80. The van der Waals surface area contributed by atoms with Gasteiger partial charge in [-0.05, 0) is 38.2 Å². The summed E-state index contributed by atoms with van der Waals surface area (Å²) in [6.45, 7) is 0. The summed E-state index contributed by atoms with van der Waals surface area (Å²) in [4.78, 5) is 0. The molecule has 0 aromatic heterocycles. The van der Waals surface area contributed by atoms with E-state index in [4.69, 9.17) is 73.2 Å². The predicted octanol–water partition coefficient (Wildman–Crippen LogP) is 6.28. The van der Waals surface area contributed by atoms with Gasteiger partial charge in [-0.25, -0.2) is 0 Å². The third kappa shape index (κ3) is 2.66. The molecule has 0 N–H and O–H groups in total. The quantitative estimate of drug-likeness (QED) is 0.285. The first-order chi connectivity index (χ1) is 6.22. The second-order valence-electron chi connectivity index (χ2n) is 1.87.